The lowest BCUT2D eigenvalue weighted by Crippen LogP contribution is -2.57. The Balaban J connectivity index is 1.85. The molecular weight excluding hydrogens is 385 g/mol. The van der Waals surface area contributed by atoms with Crippen molar-refractivity contribution in [1.29, 1.82) is 0 Å². The summed E-state index contributed by atoms with van der Waals surface area (Å²) < 4.78 is 45.7. The van der Waals surface area contributed by atoms with Crippen molar-refractivity contribution in [2.24, 2.45) is 5.10 Å². The zero-order valence-corrected chi connectivity index (χ0v) is 14.5. The first-order chi connectivity index (χ1) is 12.7. The minimum absolute atomic E-state index is 0.0415. The second kappa shape index (κ2) is 7.21. The second-order valence-electron chi connectivity index (χ2n) is 5.85. The van der Waals surface area contributed by atoms with Gasteiger partial charge in [0, 0.05) is 5.02 Å². The predicted molar refractivity (Wildman–Crippen MR) is 92.4 cm³/mol. The van der Waals surface area contributed by atoms with E-state index in [1.54, 1.807) is 30.3 Å². The van der Waals surface area contributed by atoms with Crippen molar-refractivity contribution in [2.75, 3.05) is 6.61 Å². The van der Waals surface area contributed by atoms with Gasteiger partial charge in [-0.3, -0.25) is 4.79 Å². The zero-order valence-electron chi connectivity index (χ0n) is 13.8. The molecule has 3 rings (SSSR count). The van der Waals surface area contributed by atoms with Crippen molar-refractivity contribution in [2.45, 2.75) is 18.3 Å². The maximum atomic E-state index is 13.5. The number of carbonyl (C=O) groups excluding carboxylic acids is 1. The van der Waals surface area contributed by atoms with E-state index in [-0.39, 0.29) is 10.7 Å². The number of ether oxygens (including phenoxy) is 1. The van der Waals surface area contributed by atoms with Crippen LogP contribution >= 0.6 is 11.6 Å². The number of aliphatic hydroxyl groups is 1. The third-order valence-electron chi connectivity index (χ3n) is 3.96. The number of halogens is 4. The lowest BCUT2D eigenvalue weighted by Gasteiger charge is -2.32. The van der Waals surface area contributed by atoms with Crippen molar-refractivity contribution in [1.82, 2.24) is 5.01 Å². The lowest BCUT2D eigenvalue weighted by atomic mass is 10.0. The van der Waals surface area contributed by atoms with Crippen LogP contribution < -0.4 is 4.74 Å². The molecule has 1 aliphatic rings. The summed E-state index contributed by atoms with van der Waals surface area (Å²) in [4.78, 5) is 12.3. The summed E-state index contributed by atoms with van der Waals surface area (Å²) in [6.07, 6.45) is -6.00. The highest BCUT2D eigenvalue weighted by molar-refractivity contribution is 6.30. The highest BCUT2D eigenvalue weighted by Gasteiger charge is 2.63. The molecule has 0 aliphatic carbocycles. The number of benzene rings is 2. The maximum Gasteiger partial charge on any atom is 0.438 e. The van der Waals surface area contributed by atoms with E-state index >= 15 is 0 Å². The normalized spacial score (nSPS) is 19.7. The number of rotatable bonds is 4. The van der Waals surface area contributed by atoms with Crippen LogP contribution in [0.2, 0.25) is 5.02 Å². The van der Waals surface area contributed by atoms with Gasteiger partial charge < -0.3 is 9.84 Å². The van der Waals surface area contributed by atoms with Crippen LogP contribution in [0.4, 0.5) is 13.2 Å². The summed E-state index contributed by atoms with van der Waals surface area (Å²) in [5.41, 5.74) is -3.21. The fraction of sp³-hybridized carbons (Fsp3) is 0.222. The van der Waals surface area contributed by atoms with Gasteiger partial charge in [-0.15, -0.1) is 0 Å². The summed E-state index contributed by atoms with van der Waals surface area (Å²) in [7, 11) is 0. The van der Waals surface area contributed by atoms with Gasteiger partial charge in [-0.2, -0.15) is 23.3 Å². The SMILES string of the molecule is O=C(COc1ccccc1)N1N=C(c2ccc(Cl)cc2)C[C@]1(O)C(F)(F)F. The molecule has 0 aromatic heterocycles. The van der Waals surface area contributed by atoms with Crippen molar-refractivity contribution in [3.63, 3.8) is 0 Å². The van der Waals surface area contributed by atoms with Crippen LogP contribution in [0.1, 0.15) is 12.0 Å². The van der Waals surface area contributed by atoms with Crippen molar-refractivity contribution in [3.8, 4) is 5.75 Å². The highest BCUT2D eigenvalue weighted by Crippen LogP contribution is 2.41. The summed E-state index contributed by atoms with van der Waals surface area (Å²) in [5.74, 6) is -0.815. The second-order valence-corrected chi connectivity index (χ2v) is 6.29. The number of hydrogen-bond acceptors (Lipinski definition) is 4. The van der Waals surface area contributed by atoms with Crippen LogP contribution in [0.15, 0.2) is 59.7 Å². The Kier molecular flexibility index (Phi) is 5.12. The van der Waals surface area contributed by atoms with E-state index < -0.39 is 30.8 Å². The van der Waals surface area contributed by atoms with Crippen molar-refractivity contribution >= 4 is 23.2 Å². The van der Waals surface area contributed by atoms with E-state index in [0.29, 0.717) is 16.3 Å². The monoisotopic (exact) mass is 398 g/mol. The molecular formula is C18H14ClF3N2O3. The van der Waals surface area contributed by atoms with E-state index in [1.165, 1.54) is 24.3 Å². The Bertz CT molecular complexity index is 856. The van der Waals surface area contributed by atoms with Gasteiger partial charge in [-0.05, 0) is 29.8 Å². The van der Waals surface area contributed by atoms with Gasteiger partial charge in [0.25, 0.3) is 11.6 Å². The van der Waals surface area contributed by atoms with Crippen LogP contribution in [-0.4, -0.2) is 40.2 Å². The zero-order chi connectivity index (χ0) is 19.7. The topological polar surface area (TPSA) is 62.1 Å². The van der Waals surface area contributed by atoms with Crippen LogP contribution in [0.25, 0.3) is 0 Å². The number of nitrogens with zero attached hydrogens (tertiary/aromatic N) is 2. The Morgan fingerprint density at radius 2 is 1.81 bits per heavy atom. The highest BCUT2D eigenvalue weighted by atomic mass is 35.5. The van der Waals surface area contributed by atoms with Crippen molar-refractivity contribution in [3.05, 3.63) is 65.2 Å². The number of para-hydroxylation sites is 1. The summed E-state index contributed by atoms with van der Waals surface area (Å²) in [5, 5.41) is 14.4. The van der Waals surface area contributed by atoms with E-state index in [2.05, 4.69) is 5.10 Å². The summed E-state index contributed by atoms with van der Waals surface area (Å²) >= 11 is 5.78. The Morgan fingerprint density at radius 1 is 1.19 bits per heavy atom. The number of carbonyl (C=O) groups is 1. The quantitative estimate of drug-likeness (QED) is 0.856. The van der Waals surface area contributed by atoms with Gasteiger partial charge in [0.05, 0.1) is 12.1 Å². The maximum absolute atomic E-state index is 13.5. The first-order valence-electron chi connectivity index (χ1n) is 7.84. The first kappa shape index (κ1) is 19.2. The Labute approximate surface area is 157 Å². The molecule has 9 heteroatoms. The smallest absolute Gasteiger partial charge is 0.438 e. The number of hydrazone groups is 1. The standard InChI is InChI=1S/C18H14ClF3N2O3/c19-13-8-6-12(7-9-13)15-10-17(26,18(20,21)22)24(23-15)16(25)11-27-14-4-2-1-3-5-14/h1-9,26H,10-11H2/t17-/m0/s1. The molecule has 5 nitrogen and oxygen atoms in total. The third kappa shape index (κ3) is 3.91. The van der Waals surface area contributed by atoms with E-state index in [4.69, 9.17) is 16.3 Å². The average Bonchev–Trinajstić information content (AvgIpc) is 3.00. The van der Waals surface area contributed by atoms with Gasteiger partial charge in [-0.25, -0.2) is 0 Å². The minimum Gasteiger partial charge on any atom is -0.484 e. The molecule has 1 heterocycles. The molecule has 0 bridgehead atoms. The van der Waals surface area contributed by atoms with Gasteiger partial charge in [-0.1, -0.05) is 41.9 Å². The summed E-state index contributed by atoms with van der Waals surface area (Å²) in [6, 6.07) is 14.0. The molecule has 1 amide bonds. The van der Waals surface area contributed by atoms with Crippen LogP contribution in [-0.2, 0) is 4.79 Å². The largest absolute Gasteiger partial charge is 0.484 e. The fourth-order valence-corrected chi connectivity index (χ4v) is 2.68. The molecule has 2 aromatic carbocycles. The molecule has 0 radical (unpaired) electrons. The Hall–Kier alpha value is -2.58. The predicted octanol–water partition coefficient (Wildman–Crippen LogP) is 3.61. The number of amides is 1. The number of alkyl halides is 3. The molecule has 27 heavy (non-hydrogen) atoms. The minimum atomic E-state index is -5.10. The number of hydrogen-bond donors (Lipinski definition) is 1. The molecule has 1 N–H and O–H groups in total. The van der Waals surface area contributed by atoms with E-state index in [9.17, 15) is 23.1 Å². The third-order valence-corrected chi connectivity index (χ3v) is 4.21. The van der Waals surface area contributed by atoms with Crippen LogP contribution in [0.5, 0.6) is 5.75 Å². The van der Waals surface area contributed by atoms with Gasteiger partial charge in [0.1, 0.15) is 5.75 Å². The first-order valence-corrected chi connectivity index (χ1v) is 8.22. The van der Waals surface area contributed by atoms with E-state index in [0.717, 1.165) is 0 Å². The van der Waals surface area contributed by atoms with Crippen LogP contribution in [0.3, 0.4) is 0 Å². The average molecular weight is 399 g/mol. The molecule has 2 aromatic rings. The molecule has 0 saturated heterocycles. The van der Waals surface area contributed by atoms with Crippen LogP contribution in [0, 0.1) is 0 Å². The molecule has 1 aliphatic heterocycles. The molecule has 0 unspecified atom stereocenters. The van der Waals surface area contributed by atoms with E-state index in [1.807, 2.05) is 0 Å². The molecule has 0 saturated carbocycles. The van der Waals surface area contributed by atoms with Gasteiger partial charge >= 0.3 is 6.18 Å². The van der Waals surface area contributed by atoms with Crippen molar-refractivity contribution < 1.29 is 27.8 Å². The molecule has 0 fully saturated rings. The lowest BCUT2D eigenvalue weighted by molar-refractivity contribution is -0.302. The molecule has 142 valence electrons. The van der Waals surface area contributed by atoms with Gasteiger partial charge in [0.15, 0.2) is 6.61 Å². The molecule has 0 spiro atoms. The van der Waals surface area contributed by atoms with Gasteiger partial charge in [0.2, 0.25) is 0 Å². The molecule has 1 atom stereocenters. The Morgan fingerprint density at radius 3 is 2.41 bits per heavy atom. The fourth-order valence-electron chi connectivity index (χ4n) is 2.55. The summed E-state index contributed by atoms with van der Waals surface area (Å²) in [6.45, 7) is -0.709.